The van der Waals surface area contributed by atoms with Crippen LogP contribution in [0.3, 0.4) is 0 Å². The minimum atomic E-state index is -0.277. The molecule has 0 aliphatic carbocycles. The van der Waals surface area contributed by atoms with Crippen molar-refractivity contribution in [3.63, 3.8) is 0 Å². The van der Waals surface area contributed by atoms with Crippen molar-refractivity contribution in [2.45, 2.75) is 13.0 Å². The average molecular weight is 355 g/mol. The van der Waals surface area contributed by atoms with Gasteiger partial charge in [0.1, 0.15) is 12.1 Å². The second-order valence-electron chi connectivity index (χ2n) is 5.75. The molecule has 0 fully saturated rings. The van der Waals surface area contributed by atoms with E-state index < -0.39 is 0 Å². The Balaban J connectivity index is 1.43. The molecule has 26 heavy (non-hydrogen) atoms. The lowest BCUT2D eigenvalue weighted by Crippen LogP contribution is -2.39. The van der Waals surface area contributed by atoms with E-state index in [2.05, 4.69) is 25.2 Å². The van der Waals surface area contributed by atoms with Gasteiger partial charge in [0.2, 0.25) is 5.89 Å². The Kier molecular flexibility index (Phi) is 6.03. The first kappa shape index (κ1) is 17.7. The first-order chi connectivity index (χ1) is 12.7. The Morgan fingerprint density at radius 3 is 2.62 bits per heavy atom. The Hall–Kier alpha value is -3.09. The molecule has 0 saturated carbocycles. The largest absolute Gasteiger partial charge is 0.444 e. The summed E-state index contributed by atoms with van der Waals surface area (Å²) in [5.74, 6) is 0.967. The summed E-state index contributed by atoms with van der Waals surface area (Å²) in [4.78, 5) is 8.64. The van der Waals surface area contributed by atoms with Crippen LogP contribution in [0, 0.1) is 5.82 Å². The quantitative estimate of drug-likeness (QED) is 0.505. The van der Waals surface area contributed by atoms with Crippen LogP contribution in [0.4, 0.5) is 4.39 Å². The zero-order chi connectivity index (χ0) is 18.2. The highest BCUT2D eigenvalue weighted by Crippen LogP contribution is 2.18. The number of benzene rings is 1. The van der Waals surface area contributed by atoms with E-state index in [-0.39, 0.29) is 5.82 Å². The minimum absolute atomic E-state index is 0.277. The smallest absolute Gasteiger partial charge is 0.226 e. The molecular weight excluding hydrogens is 333 g/mol. The molecule has 1 aromatic carbocycles. The predicted molar refractivity (Wildman–Crippen MR) is 99.4 cm³/mol. The standard InChI is InChI=1S/C19H22FN5O/c1-21-19(23-10-13-25-11-2-3-12-25)22-9-8-17-14-26-18(24-17)15-4-6-16(20)7-5-15/h2-7,11-12,14H,8-10,13H2,1H3,(H2,21,22,23). The van der Waals surface area contributed by atoms with Crippen molar-refractivity contribution >= 4 is 5.96 Å². The number of hydrogen-bond acceptors (Lipinski definition) is 3. The highest BCUT2D eigenvalue weighted by Gasteiger charge is 2.07. The van der Waals surface area contributed by atoms with Crippen LogP contribution in [-0.2, 0) is 13.0 Å². The number of aliphatic imine (C=N–C) groups is 1. The van der Waals surface area contributed by atoms with Crippen molar-refractivity contribution in [3.8, 4) is 11.5 Å². The number of nitrogens with one attached hydrogen (secondary N) is 2. The van der Waals surface area contributed by atoms with Crippen molar-refractivity contribution in [1.82, 2.24) is 20.2 Å². The molecule has 0 radical (unpaired) electrons. The van der Waals surface area contributed by atoms with E-state index in [1.807, 2.05) is 24.5 Å². The van der Waals surface area contributed by atoms with Crippen molar-refractivity contribution in [1.29, 1.82) is 0 Å². The maximum atomic E-state index is 13.0. The van der Waals surface area contributed by atoms with Gasteiger partial charge in [-0.15, -0.1) is 0 Å². The van der Waals surface area contributed by atoms with E-state index >= 15 is 0 Å². The number of hydrogen-bond donors (Lipinski definition) is 2. The van der Waals surface area contributed by atoms with Crippen molar-refractivity contribution in [2.75, 3.05) is 20.1 Å². The maximum absolute atomic E-state index is 13.0. The fourth-order valence-corrected chi connectivity index (χ4v) is 2.50. The zero-order valence-corrected chi connectivity index (χ0v) is 14.7. The van der Waals surface area contributed by atoms with Crippen molar-refractivity contribution < 1.29 is 8.81 Å². The second kappa shape index (κ2) is 8.84. The minimum Gasteiger partial charge on any atom is -0.444 e. The van der Waals surface area contributed by atoms with E-state index in [1.54, 1.807) is 25.4 Å². The third-order valence-corrected chi connectivity index (χ3v) is 3.87. The second-order valence-corrected chi connectivity index (χ2v) is 5.75. The maximum Gasteiger partial charge on any atom is 0.226 e. The molecule has 0 unspecified atom stereocenters. The van der Waals surface area contributed by atoms with Crippen LogP contribution in [0.1, 0.15) is 5.69 Å². The number of rotatable bonds is 7. The molecule has 2 heterocycles. The van der Waals surface area contributed by atoms with E-state index in [4.69, 9.17) is 4.42 Å². The molecule has 136 valence electrons. The van der Waals surface area contributed by atoms with Crippen LogP contribution in [0.5, 0.6) is 0 Å². The third kappa shape index (κ3) is 4.95. The molecule has 0 amide bonds. The van der Waals surface area contributed by atoms with Gasteiger partial charge >= 0.3 is 0 Å². The van der Waals surface area contributed by atoms with Gasteiger partial charge < -0.3 is 19.6 Å². The molecule has 7 heteroatoms. The van der Waals surface area contributed by atoms with Crippen LogP contribution in [0.25, 0.3) is 11.5 Å². The molecule has 2 aromatic heterocycles. The van der Waals surface area contributed by atoms with Gasteiger partial charge in [-0.05, 0) is 36.4 Å². The predicted octanol–water partition coefficient (Wildman–Crippen LogP) is 2.69. The average Bonchev–Trinajstić information content (AvgIpc) is 3.33. The summed E-state index contributed by atoms with van der Waals surface area (Å²) in [5, 5.41) is 6.52. The van der Waals surface area contributed by atoms with E-state index in [0.717, 1.165) is 30.3 Å². The zero-order valence-electron chi connectivity index (χ0n) is 14.7. The van der Waals surface area contributed by atoms with Gasteiger partial charge in [0, 0.05) is 51.1 Å². The Morgan fingerprint density at radius 1 is 1.15 bits per heavy atom. The molecular formula is C19H22FN5O. The van der Waals surface area contributed by atoms with Gasteiger partial charge in [-0.1, -0.05) is 0 Å². The Morgan fingerprint density at radius 2 is 1.88 bits per heavy atom. The molecule has 0 saturated heterocycles. The molecule has 0 aliphatic rings. The highest BCUT2D eigenvalue weighted by atomic mass is 19.1. The summed E-state index contributed by atoms with van der Waals surface area (Å²) in [6.45, 7) is 2.34. The first-order valence-corrected chi connectivity index (χ1v) is 8.50. The molecule has 0 atom stereocenters. The lowest BCUT2D eigenvalue weighted by atomic mass is 10.2. The lowest BCUT2D eigenvalue weighted by Gasteiger charge is -2.11. The van der Waals surface area contributed by atoms with Crippen LogP contribution in [0.2, 0.25) is 0 Å². The van der Waals surface area contributed by atoms with Crippen LogP contribution < -0.4 is 10.6 Å². The molecule has 3 rings (SSSR count). The van der Waals surface area contributed by atoms with Gasteiger partial charge in [-0.2, -0.15) is 0 Å². The molecule has 0 bridgehead atoms. The lowest BCUT2D eigenvalue weighted by molar-refractivity contribution is 0.571. The van der Waals surface area contributed by atoms with Gasteiger partial charge in [0.05, 0.1) is 5.69 Å². The number of oxazole rings is 1. The third-order valence-electron chi connectivity index (χ3n) is 3.87. The van der Waals surface area contributed by atoms with Crippen molar-refractivity contribution in [3.05, 3.63) is 66.6 Å². The van der Waals surface area contributed by atoms with Gasteiger partial charge in [0.15, 0.2) is 5.96 Å². The number of halogens is 1. The summed E-state index contributed by atoms with van der Waals surface area (Å²) < 4.78 is 20.5. The first-order valence-electron chi connectivity index (χ1n) is 8.50. The van der Waals surface area contributed by atoms with Gasteiger partial charge in [-0.3, -0.25) is 4.99 Å². The fraction of sp³-hybridized carbons (Fsp3) is 0.263. The highest BCUT2D eigenvalue weighted by molar-refractivity contribution is 5.79. The number of nitrogens with zero attached hydrogens (tertiary/aromatic N) is 3. The monoisotopic (exact) mass is 355 g/mol. The van der Waals surface area contributed by atoms with E-state index in [0.29, 0.717) is 18.9 Å². The summed E-state index contributed by atoms with van der Waals surface area (Å²) in [7, 11) is 1.74. The van der Waals surface area contributed by atoms with E-state index in [1.165, 1.54) is 12.1 Å². The van der Waals surface area contributed by atoms with Gasteiger partial charge in [0.25, 0.3) is 0 Å². The molecule has 0 aliphatic heterocycles. The number of guanidine groups is 1. The molecule has 2 N–H and O–H groups in total. The molecule has 3 aromatic rings. The molecule has 6 nitrogen and oxygen atoms in total. The van der Waals surface area contributed by atoms with Crippen LogP contribution >= 0.6 is 0 Å². The SMILES string of the molecule is CN=C(NCCc1coc(-c2ccc(F)cc2)n1)NCCn1cccc1. The Bertz CT molecular complexity index is 824. The van der Waals surface area contributed by atoms with Gasteiger partial charge in [-0.25, -0.2) is 9.37 Å². The fourth-order valence-electron chi connectivity index (χ4n) is 2.50. The van der Waals surface area contributed by atoms with Crippen LogP contribution in [-0.4, -0.2) is 35.6 Å². The Labute approximate surface area is 151 Å². The summed E-state index contributed by atoms with van der Waals surface area (Å²) >= 11 is 0. The topological polar surface area (TPSA) is 67.4 Å². The summed E-state index contributed by atoms with van der Waals surface area (Å²) in [6, 6.07) is 10.1. The van der Waals surface area contributed by atoms with Crippen LogP contribution in [0.15, 0.2) is 64.5 Å². The summed E-state index contributed by atoms with van der Waals surface area (Å²) in [5.41, 5.74) is 1.59. The number of aromatic nitrogens is 2. The summed E-state index contributed by atoms with van der Waals surface area (Å²) in [6.07, 6.45) is 6.38. The van der Waals surface area contributed by atoms with E-state index in [9.17, 15) is 4.39 Å². The molecule has 0 spiro atoms. The van der Waals surface area contributed by atoms with Crippen molar-refractivity contribution in [2.24, 2.45) is 4.99 Å². The normalized spacial score (nSPS) is 11.5.